The van der Waals surface area contributed by atoms with Gasteiger partial charge in [-0.15, -0.1) is 0 Å². The first kappa shape index (κ1) is 24.0. The number of rotatable bonds is 9. The van der Waals surface area contributed by atoms with E-state index in [0.29, 0.717) is 5.75 Å². The molecule has 1 aromatic heterocycles. The molecule has 0 aliphatic carbocycles. The molecule has 1 heterocycles. The first-order valence-corrected chi connectivity index (χ1v) is 12.1. The summed E-state index contributed by atoms with van der Waals surface area (Å²) in [6.45, 7) is -0.418. The summed E-state index contributed by atoms with van der Waals surface area (Å²) in [6.07, 6.45) is 5.17. The average molecular weight is 495 g/mol. The van der Waals surface area contributed by atoms with Gasteiger partial charge in [-0.25, -0.2) is 17.8 Å². The zero-order chi connectivity index (χ0) is 24.8. The van der Waals surface area contributed by atoms with Gasteiger partial charge in [0.2, 0.25) is 5.91 Å². The molecule has 0 fully saturated rings. The van der Waals surface area contributed by atoms with Crippen LogP contribution in [-0.4, -0.2) is 37.5 Å². The Bertz CT molecular complexity index is 1390. The predicted octanol–water partition coefficient (Wildman–Crippen LogP) is 3.53. The number of ether oxygens (including phenoxy) is 1. The van der Waals surface area contributed by atoms with E-state index < -0.39 is 28.3 Å². The number of amides is 1. The smallest absolute Gasteiger partial charge is 0.264 e. The fourth-order valence-corrected chi connectivity index (χ4v) is 4.84. The molecule has 8 nitrogen and oxygen atoms in total. The lowest BCUT2D eigenvalue weighted by molar-refractivity contribution is -0.119. The van der Waals surface area contributed by atoms with Crippen molar-refractivity contribution >= 4 is 21.6 Å². The topological polar surface area (TPSA) is 93.5 Å². The van der Waals surface area contributed by atoms with Crippen molar-refractivity contribution in [3.05, 3.63) is 103 Å². The van der Waals surface area contributed by atoms with E-state index in [1.54, 1.807) is 12.5 Å². The van der Waals surface area contributed by atoms with Crippen LogP contribution in [0.15, 0.2) is 96.4 Å². The maximum absolute atomic E-state index is 14.6. The molecular weight excluding hydrogens is 471 g/mol. The quantitative estimate of drug-likeness (QED) is 0.384. The molecule has 0 unspecified atom stereocenters. The summed E-state index contributed by atoms with van der Waals surface area (Å²) in [4.78, 5) is 16.7. The van der Waals surface area contributed by atoms with Crippen LogP contribution in [0.25, 0.3) is 5.69 Å². The van der Waals surface area contributed by atoms with E-state index in [1.807, 2.05) is 35.0 Å². The summed E-state index contributed by atoms with van der Waals surface area (Å²) in [7, 11) is -2.78. The Morgan fingerprint density at radius 2 is 1.77 bits per heavy atom. The number of nitrogens with zero attached hydrogens (tertiary/aromatic N) is 3. The van der Waals surface area contributed by atoms with Crippen molar-refractivity contribution in [3.8, 4) is 11.4 Å². The number of carbonyl (C=O) groups is 1. The molecule has 4 rings (SSSR count). The first-order valence-electron chi connectivity index (χ1n) is 10.6. The highest BCUT2D eigenvalue weighted by Gasteiger charge is 2.29. The normalized spacial score (nSPS) is 11.1. The number of para-hydroxylation sites is 1. The molecule has 35 heavy (non-hydrogen) atoms. The van der Waals surface area contributed by atoms with Crippen molar-refractivity contribution in [2.75, 3.05) is 18.0 Å². The van der Waals surface area contributed by atoms with Gasteiger partial charge >= 0.3 is 0 Å². The average Bonchev–Trinajstić information content (AvgIpc) is 3.42. The van der Waals surface area contributed by atoms with E-state index in [-0.39, 0.29) is 17.1 Å². The lowest BCUT2D eigenvalue weighted by Gasteiger charge is -2.24. The van der Waals surface area contributed by atoms with Crippen LogP contribution >= 0.6 is 0 Å². The molecule has 0 spiro atoms. The van der Waals surface area contributed by atoms with E-state index in [2.05, 4.69) is 10.3 Å². The molecule has 0 atom stereocenters. The SMILES string of the molecule is COc1ccc(S(=O)(=O)N(CC(=O)NCc2ccc(-n3ccnc3)cc2)c2ccccc2F)cc1. The number of carbonyl (C=O) groups excluding carboxylic acids is 1. The highest BCUT2D eigenvalue weighted by Crippen LogP contribution is 2.27. The summed E-state index contributed by atoms with van der Waals surface area (Å²) < 4.78 is 49.0. The minimum atomic E-state index is -4.24. The number of imidazole rings is 1. The van der Waals surface area contributed by atoms with Gasteiger partial charge in [-0.2, -0.15) is 0 Å². The fraction of sp³-hybridized carbons (Fsp3) is 0.120. The van der Waals surface area contributed by atoms with Crippen LogP contribution in [0.2, 0.25) is 0 Å². The van der Waals surface area contributed by atoms with Gasteiger partial charge in [0.15, 0.2) is 0 Å². The molecule has 0 saturated heterocycles. The predicted molar refractivity (Wildman–Crippen MR) is 129 cm³/mol. The van der Waals surface area contributed by atoms with E-state index in [9.17, 15) is 17.6 Å². The van der Waals surface area contributed by atoms with Crippen LogP contribution < -0.4 is 14.4 Å². The van der Waals surface area contributed by atoms with Gasteiger partial charge in [0.05, 0.1) is 24.0 Å². The van der Waals surface area contributed by atoms with Gasteiger partial charge in [0, 0.05) is 24.6 Å². The van der Waals surface area contributed by atoms with Crippen LogP contribution in [0, 0.1) is 5.82 Å². The molecule has 10 heteroatoms. The Hall–Kier alpha value is -4.18. The van der Waals surface area contributed by atoms with Crippen molar-refractivity contribution in [2.45, 2.75) is 11.4 Å². The van der Waals surface area contributed by atoms with E-state index in [4.69, 9.17) is 4.74 Å². The van der Waals surface area contributed by atoms with Gasteiger partial charge in [0.1, 0.15) is 18.1 Å². The Morgan fingerprint density at radius 3 is 2.40 bits per heavy atom. The lowest BCUT2D eigenvalue weighted by Crippen LogP contribution is -2.41. The van der Waals surface area contributed by atoms with Crippen LogP contribution in [0.4, 0.5) is 10.1 Å². The second-order valence-corrected chi connectivity index (χ2v) is 9.41. The zero-order valence-electron chi connectivity index (χ0n) is 18.8. The second-order valence-electron chi connectivity index (χ2n) is 7.55. The zero-order valence-corrected chi connectivity index (χ0v) is 19.7. The number of hydrogen-bond acceptors (Lipinski definition) is 5. The fourth-order valence-electron chi connectivity index (χ4n) is 3.41. The summed E-state index contributed by atoms with van der Waals surface area (Å²) in [5.41, 5.74) is 1.51. The largest absolute Gasteiger partial charge is 0.497 e. The van der Waals surface area contributed by atoms with Crippen molar-refractivity contribution in [1.29, 1.82) is 0 Å². The van der Waals surface area contributed by atoms with Crippen molar-refractivity contribution < 1.29 is 22.3 Å². The molecule has 0 saturated carbocycles. The van der Waals surface area contributed by atoms with Gasteiger partial charge < -0.3 is 14.6 Å². The number of anilines is 1. The van der Waals surface area contributed by atoms with Crippen LogP contribution in [-0.2, 0) is 21.4 Å². The van der Waals surface area contributed by atoms with E-state index >= 15 is 0 Å². The number of methoxy groups -OCH3 is 1. The Morgan fingerprint density at radius 1 is 1.06 bits per heavy atom. The van der Waals surface area contributed by atoms with Crippen molar-refractivity contribution in [2.24, 2.45) is 0 Å². The number of aromatic nitrogens is 2. The monoisotopic (exact) mass is 494 g/mol. The van der Waals surface area contributed by atoms with E-state index in [0.717, 1.165) is 21.6 Å². The Balaban J connectivity index is 1.52. The van der Waals surface area contributed by atoms with Crippen LogP contribution in [0.5, 0.6) is 5.75 Å². The van der Waals surface area contributed by atoms with Gasteiger partial charge in [0.25, 0.3) is 10.0 Å². The lowest BCUT2D eigenvalue weighted by atomic mass is 10.2. The molecule has 3 aromatic carbocycles. The Kier molecular flexibility index (Phi) is 7.11. The molecule has 1 amide bonds. The maximum Gasteiger partial charge on any atom is 0.264 e. The van der Waals surface area contributed by atoms with Gasteiger partial charge in [-0.1, -0.05) is 24.3 Å². The molecule has 0 radical (unpaired) electrons. The molecule has 0 bridgehead atoms. The van der Waals surface area contributed by atoms with Crippen molar-refractivity contribution in [3.63, 3.8) is 0 Å². The van der Waals surface area contributed by atoms with Crippen LogP contribution in [0.3, 0.4) is 0 Å². The summed E-state index contributed by atoms with van der Waals surface area (Å²) in [6, 6.07) is 18.5. The number of hydrogen-bond donors (Lipinski definition) is 1. The molecule has 4 aromatic rings. The Labute approximate surface area is 202 Å². The second kappa shape index (κ2) is 10.4. The molecule has 0 aliphatic heterocycles. The molecular formula is C25H23FN4O4S. The highest BCUT2D eigenvalue weighted by molar-refractivity contribution is 7.92. The number of sulfonamides is 1. The van der Waals surface area contributed by atoms with Crippen molar-refractivity contribution in [1.82, 2.24) is 14.9 Å². The standard InChI is InChI=1S/C25H23FN4O4S/c1-34-21-10-12-22(13-11-21)35(32,33)30(24-5-3-2-4-23(24)26)17-25(31)28-16-19-6-8-20(9-7-19)29-15-14-27-18-29/h2-15,18H,16-17H2,1H3,(H,28,31). The summed E-state index contributed by atoms with van der Waals surface area (Å²) in [5.74, 6) is -0.866. The number of benzene rings is 3. The molecule has 0 aliphatic rings. The third-order valence-corrected chi connectivity index (χ3v) is 7.06. The number of halogens is 1. The maximum atomic E-state index is 14.6. The third-order valence-electron chi connectivity index (χ3n) is 5.28. The van der Waals surface area contributed by atoms with Crippen LogP contribution in [0.1, 0.15) is 5.56 Å². The first-order chi connectivity index (χ1) is 16.9. The van der Waals surface area contributed by atoms with Gasteiger partial charge in [-0.05, 0) is 54.1 Å². The molecule has 180 valence electrons. The minimum absolute atomic E-state index is 0.0931. The summed E-state index contributed by atoms with van der Waals surface area (Å²) in [5, 5.41) is 2.71. The number of nitrogens with one attached hydrogen (secondary N) is 1. The van der Waals surface area contributed by atoms with Gasteiger partial charge in [-0.3, -0.25) is 9.10 Å². The highest BCUT2D eigenvalue weighted by atomic mass is 32.2. The molecule has 1 N–H and O–H groups in total. The summed E-state index contributed by atoms with van der Waals surface area (Å²) >= 11 is 0. The minimum Gasteiger partial charge on any atom is -0.497 e. The third kappa shape index (κ3) is 5.49. The van der Waals surface area contributed by atoms with E-state index in [1.165, 1.54) is 49.6 Å².